The molecule has 0 saturated carbocycles. The predicted octanol–water partition coefficient (Wildman–Crippen LogP) is 7.20. The van der Waals surface area contributed by atoms with Crippen LogP contribution in [0.3, 0.4) is 0 Å². The number of ketones is 1. The number of allylic oxidation sites excluding steroid dienone is 5. The molecular formula is C34H41N2O3+. The molecule has 1 aliphatic carbocycles. The summed E-state index contributed by atoms with van der Waals surface area (Å²) in [6, 6.07) is 12.7. The molecule has 0 saturated heterocycles. The van der Waals surface area contributed by atoms with Crippen LogP contribution in [0.1, 0.15) is 71.1 Å². The number of hydrogen-bond acceptors (Lipinski definition) is 4. The van der Waals surface area contributed by atoms with Gasteiger partial charge in [0.05, 0.1) is 23.7 Å². The molecule has 0 radical (unpaired) electrons. The number of aryl methyl sites for hydroxylation is 1. The van der Waals surface area contributed by atoms with Gasteiger partial charge in [0.15, 0.2) is 5.71 Å². The number of aliphatic hydroxyl groups excluding tert-OH is 1. The van der Waals surface area contributed by atoms with Crippen molar-refractivity contribution in [3.05, 3.63) is 87.8 Å². The van der Waals surface area contributed by atoms with Gasteiger partial charge in [-0.15, -0.1) is 0 Å². The van der Waals surface area contributed by atoms with E-state index in [9.17, 15) is 9.90 Å². The third kappa shape index (κ3) is 4.05. The van der Waals surface area contributed by atoms with Crippen LogP contribution in [-0.4, -0.2) is 41.4 Å². The van der Waals surface area contributed by atoms with E-state index in [1.54, 1.807) is 7.11 Å². The van der Waals surface area contributed by atoms with Crippen LogP contribution in [0.15, 0.2) is 71.2 Å². The highest BCUT2D eigenvalue weighted by Crippen LogP contribution is 2.50. The lowest BCUT2D eigenvalue weighted by molar-refractivity contribution is -0.437. The average molecular weight is 526 g/mol. The number of fused-ring (bicyclic) bond motifs is 2. The van der Waals surface area contributed by atoms with Crippen molar-refractivity contribution in [3.8, 4) is 5.75 Å². The van der Waals surface area contributed by atoms with E-state index in [1.165, 1.54) is 16.8 Å². The smallest absolute Gasteiger partial charge is 0.209 e. The molecule has 204 valence electrons. The first kappa shape index (κ1) is 27.0. The van der Waals surface area contributed by atoms with Crippen LogP contribution < -0.4 is 9.64 Å². The molecule has 1 N–H and O–H groups in total. The van der Waals surface area contributed by atoms with Gasteiger partial charge in [-0.25, -0.2) is 0 Å². The zero-order valence-electron chi connectivity index (χ0n) is 24.6. The SMILES string of the molecule is CCCN1/C(=C\C2=C(O)C(=C\C3=[N+](CCC)c4ccc(C)cc4C3(C)C)/C2=O)C(C)(C)c2cc(OC)ccc21. The average Bonchev–Trinajstić information content (AvgIpc) is 3.24. The summed E-state index contributed by atoms with van der Waals surface area (Å²) < 4.78 is 7.82. The molecule has 0 amide bonds. The van der Waals surface area contributed by atoms with Gasteiger partial charge in [-0.1, -0.05) is 39.3 Å². The van der Waals surface area contributed by atoms with Crippen LogP contribution >= 0.6 is 0 Å². The second-order valence-corrected chi connectivity index (χ2v) is 12.0. The number of ether oxygens (including phenoxy) is 1. The number of anilines is 1. The van der Waals surface area contributed by atoms with Crippen LogP contribution in [0.2, 0.25) is 0 Å². The van der Waals surface area contributed by atoms with E-state index in [1.807, 2.05) is 18.2 Å². The zero-order valence-corrected chi connectivity index (χ0v) is 24.6. The molecule has 0 atom stereocenters. The first-order valence-electron chi connectivity index (χ1n) is 14.1. The molecule has 0 unspecified atom stereocenters. The largest absolute Gasteiger partial charge is 0.506 e. The van der Waals surface area contributed by atoms with Gasteiger partial charge in [0.25, 0.3) is 0 Å². The Labute approximate surface area is 232 Å². The lowest BCUT2D eigenvalue weighted by atomic mass is 9.77. The second-order valence-electron chi connectivity index (χ2n) is 12.0. The highest BCUT2D eigenvalue weighted by molar-refractivity contribution is 6.24. The summed E-state index contributed by atoms with van der Waals surface area (Å²) in [6.07, 6.45) is 5.78. The maximum absolute atomic E-state index is 13.6. The molecule has 0 fully saturated rings. The lowest BCUT2D eigenvalue weighted by Crippen LogP contribution is -2.32. The monoisotopic (exact) mass is 525 g/mol. The number of aliphatic hydroxyl groups is 1. The third-order valence-corrected chi connectivity index (χ3v) is 8.60. The molecule has 2 aliphatic heterocycles. The first-order valence-corrected chi connectivity index (χ1v) is 14.1. The normalized spacial score (nSPS) is 21.1. The van der Waals surface area contributed by atoms with Crippen LogP contribution in [0.5, 0.6) is 5.75 Å². The molecule has 0 spiro atoms. The van der Waals surface area contributed by atoms with Crippen LogP contribution in [-0.2, 0) is 15.6 Å². The molecule has 2 heterocycles. The van der Waals surface area contributed by atoms with Gasteiger partial charge in [0.1, 0.15) is 18.1 Å². The van der Waals surface area contributed by atoms with E-state index in [-0.39, 0.29) is 22.4 Å². The van der Waals surface area contributed by atoms with Gasteiger partial charge in [0, 0.05) is 47.5 Å². The van der Waals surface area contributed by atoms with E-state index in [4.69, 9.17) is 4.74 Å². The Bertz CT molecular complexity index is 1500. The van der Waals surface area contributed by atoms with E-state index < -0.39 is 0 Å². The summed E-state index contributed by atoms with van der Waals surface area (Å²) in [5.74, 6) is 0.795. The highest BCUT2D eigenvalue weighted by Gasteiger charge is 2.47. The van der Waals surface area contributed by atoms with E-state index in [0.29, 0.717) is 11.1 Å². The maximum Gasteiger partial charge on any atom is 0.209 e. The minimum atomic E-state index is -0.342. The molecule has 5 nitrogen and oxygen atoms in total. The molecule has 0 aromatic heterocycles. The Balaban J connectivity index is 1.58. The molecule has 5 rings (SSSR count). The van der Waals surface area contributed by atoms with Gasteiger partial charge in [0.2, 0.25) is 11.5 Å². The summed E-state index contributed by atoms with van der Waals surface area (Å²) in [4.78, 5) is 15.9. The van der Waals surface area contributed by atoms with Crippen LogP contribution in [0, 0.1) is 6.92 Å². The molecule has 5 heteroatoms. The van der Waals surface area contributed by atoms with Gasteiger partial charge >= 0.3 is 0 Å². The first-order chi connectivity index (χ1) is 18.5. The molecule has 0 bridgehead atoms. The van der Waals surface area contributed by atoms with Crippen LogP contribution in [0.4, 0.5) is 11.4 Å². The summed E-state index contributed by atoms with van der Waals surface area (Å²) in [5.41, 5.74) is 8.20. The Morgan fingerprint density at radius 2 is 1.72 bits per heavy atom. The lowest BCUT2D eigenvalue weighted by Gasteiger charge is -2.29. The standard InChI is InChI=1S/C34H40N2O3/c1-9-15-35-27-13-11-21(3)17-25(27)33(4,5)29(35)19-23-31(37)24(32(23)38)20-30-34(6,7)26-18-22(39-8)12-14-28(26)36(30)16-10-2/h11-14,17-20H,9-10,15-16H2,1-8H3/p+1. The number of benzene rings is 2. The number of Topliss-reactive ketones (excluding diaryl/α,β-unsaturated/α-hetero) is 1. The van der Waals surface area contributed by atoms with E-state index in [0.717, 1.165) is 54.3 Å². The highest BCUT2D eigenvalue weighted by atomic mass is 16.5. The Morgan fingerprint density at radius 1 is 0.974 bits per heavy atom. The zero-order chi connectivity index (χ0) is 28.3. The van der Waals surface area contributed by atoms with Gasteiger partial charge in [-0.05, 0) is 63.1 Å². The Kier molecular flexibility index (Phi) is 6.61. The summed E-state index contributed by atoms with van der Waals surface area (Å²) in [6.45, 7) is 16.9. The Hall–Kier alpha value is -3.60. The van der Waals surface area contributed by atoms with E-state index in [2.05, 4.69) is 88.3 Å². The van der Waals surface area contributed by atoms with Gasteiger partial charge < -0.3 is 14.7 Å². The van der Waals surface area contributed by atoms with Gasteiger partial charge in [-0.2, -0.15) is 4.58 Å². The summed E-state index contributed by atoms with van der Waals surface area (Å²) >= 11 is 0. The van der Waals surface area contributed by atoms with Gasteiger partial charge in [-0.3, -0.25) is 4.79 Å². The molecule has 2 aromatic carbocycles. The van der Waals surface area contributed by atoms with Crippen molar-refractivity contribution >= 4 is 22.9 Å². The van der Waals surface area contributed by atoms with Crippen molar-refractivity contribution in [2.24, 2.45) is 0 Å². The molecular weight excluding hydrogens is 484 g/mol. The number of carbonyl (C=O) groups excluding carboxylic acids is 1. The predicted molar refractivity (Wildman–Crippen MR) is 159 cm³/mol. The summed E-state index contributed by atoms with van der Waals surface area (Å²) in [5, 5.41) is 11.3. The van der Waals surface area contributed by atoms with Crippen molar-refractivity contribution in [1.82, 2.24) is 0 Å². The third-order valence-electron chi connectivity index (χ3n) is 8.60. The minimum Gasteiger partial charge on any atom is -0.506 e. The number of rotatable bonds is 7. The fourth-order valence-electron chi connectivity index (χ4n) is 6.40. The van der Waals surface area contributed by atoms with Crippen molar-refractivity contribution in [1.29, 1.82) is 0 Å². The number of methoxy groups -OCH3 is 1. The minimum absolute atomic E-state index is 0.0835. The van der Waals surface area contributed by atoms with E-state index >= 15 is 0 Å². The second kappa shape index (κ2) is 9.55. The number of carbonyl (C=O) groups is 1. The number of hydrogen-bond donors (Lipinski definition) is 1. The van der Waals surface area contributed by atoms with Crippen LogP contribution in [0.25, 0.3) is 0 Å². The summed E-state index contributed by atoms with van der Waals surface area (Å²) in [7, 11) is 1.68. The Morgan fingerprint density at radius 3 is 2.36 bits per heavy atom. The fourth-order valence-corrected chi connectivity index (χ4v) is 6.40. The molecule has 2 aromatic rings. The van der Waals surface area contributed by atoms with Crippen molar-refractivity contribution < 1.29 is 19.2 Å². The molecule has 3 aliphatic rings. The maximum atomic E-state index is 13.6. The molecule has 39 heavy (non-hydrogen) atoms. The number of nitrogens with zero attached hydrogens (tertiary/aromatic N) is 2. The van der Waals surface area contributed by atoms with Crippen molar-refractivity contribution in [2.75, 3.05) is 25.1 Å². The topological polar surface area (TPSA) is 52.8 Å². The quantitative estimate of drug-likeness (QED) is 0.307. The van der Waals surface area contributed by atoms with Crippen molar-refractivity contribution in [3.63, 3.8) is 0 Å². The van der Waals surface area contributed by atoms with Crippen molar-refractivity contribution in [2.45, 2.75) is 72.1 Å². The fraction of sp³-hybridized carbons (Fsp3) is 0.412.